The van der Waals surface area contributed by atoms with Gasteiger partial charge in [0, 0.05) is 11.3 Å². The second-order valence-corrected chi connectivity index (χ2v) is 10.5. The SMILES string of the molecule is CS(=O)(=O)[C@H]1CCCC[C@@H]1S(=O)(=O)Cc1ccc(Cl)cc1. The highest BCUT2D eigenvalue weighted by molar-refractivity contribution is 7.95. The summed E-state index contributed by atoms with van der Waals surface area (Å²) in [5.41, 5.74) is 0.636. The Morgan fingerprint density at radius 1 is 1.00 bits per heavy atom. The fourth-order valence-electron chi connectivity index (χ4n) is 2.88. The second-order valence-electron chi connectivity index (χ2n) is 5.62. The van der Waals surface area contributed by atoms with Crippen LogP contribution in [0, 0.1) is 0 Å². The van der Waals surface area contributed by atoms with Gasteiger partial charge >= 0.3 is 0 Å². The first kappa shape index (κ1) is 16.8. The number of sulfone groups is 2. The van der Waals surface area contributed by atoms with Crippen LogP contribution in [-0.4, -0.2) is 33.6 Å². The smallest absolute Gasteiger partial charge is 0.158 e. The molecule has 1 fully saturated rings. The lowest BCUT2D eigenvalue weighted by Gasteiger charge is -2.29. The van der Waals surface area contributed by atoms with E-state index in [9.17, 15) is 16.8 Å². The molecule has 1 saturated carbocycles. The van der Waals surface area contributed by atoms with Crippen molar-refractivity contribution >= 4 is 31.3 Å². The predicted octanol–water partition coefficient (Wildman–Crippen LogP) is 2.61. The zero-order chi connectivity index (χ0) is 15.7. The average molecular weight is 351 g/mol. The minimum Gasteiger partial charge on any atom is -0.229 e. The molecule has 21 heavy (non-hydrogen) atoms. The molecule has 0 heterocycles. The molecule has 0 unspecified atom stereocenters. The molecule has 1 aromatic rings. The Balaban J connectivity index is 2.26. The van der Waals surface area contributed by atoms with Crippen molar-refractivity contribution in [3.63, 3.8) is 0 Å². The minimum atomic E-state index is -3.50. The van der Waals surface area contributed by atoms with Gasteiger partial charge < -0.3 is 0 Å². The largest absolute Gasteiger partial charge is 0.229 e. The van der Waals surface area contributed by atoms with Crippen molar-refractivity contribution in [3.8, 4) is 0 Å². The van der Waals surface area contributed by atoms with Crippen LogP contribution in [0.5, 0.6) is 0 Å². The van der Waals surface area contributed by atoms with Crippen LogP contribution in [0.2, 0.25) is 5.02 Å². The molecule has 0 spiro atoms. The molecule has 2 rings (SSSR count). The van der Waals surface area contributed by atoms with Crippen molar-refractivity contribution in [2.45, 2.75) is 41.9 Å². The van der Waals surface area contributed by atoms with E-state index in [2.05, 4.69) is 0 Å². The molecule has 0 radical (unpaired) electrons. The molecule has 0 aliphatic heterocycles. The molecule has 0 amide bonds. The lowest BCUT2D eigenvalue weighted by atomic mass is 10.00. The maximum atomic E-state index is 12.6. The number of rotatable bonds is 4. The Labute approximate surface area is 131 Å². The van der Waals surface area contributed by atoms with E-state index >= 15 is 0 Å². The molecular weight excluding hydrogens is 332 g/mol. The summed E-state index contributed by atoms with van der Waals surface area (Å²) in [5, 5.41) is -1.02. The Bertz CT molecular complexity index is 693. The van der Waals surface area contributed by atoms with Crippen molar-refractivity contribution in [1.29, 1.82) is 0 Å². The first-order valence-corrected chi connectivity index (χ1v) is 10.9. The monoisotopic (exact) mass is 350 g/mol. The van der Waals surface area contributed by atoms with Crippen LogP contribution in [-0.2, 0) is 25.4 Å². The van der Waals surface area contributed by atoms with Crippen LogP contribution in [0.4, 0.5) is 0 Å². The second kappa shape index (κ2) is 6.26. The highest BCUT2D eigenvalue weighted by atomic mass is 35.5. The summed E-state index contributed by atoms with van der Waals surface area (Å²) in [6, 6.07) is 6.61. The van der Waals surface area contributed by atoms with Crippen molar-refractivity contribution in [3.05, 3.63) is 34.9 Å². The molecule has 1 aliphatic rings. The molecule has 0 N–H and O–H groups in total. The summed E-state index contributed by atoms with van der Waals surface area (Å²) >= 11 is 5.79. The Morgan fingerprint density at radius 2 is 1.52 bits per heavy atom. The van der Waals surface area contributed by atoms with Crippen LogP contribution < -0.4 is 0 Å². The van der Waals surface area contributed by atoms with Crippen LogP contribution in [0.3, 0.4) is 0 Å². The molecule has 1 aliphatic carbocycles. The lowest BCUT2D eigenvalue weighted by molar-refractivity contribution is 0.471. The Morgan fingerprint density at radius 3 is 2.05 bits per heavy atom. The van der Waals surface area contributed by atoms with Gasteiger partial charge in [-0.15, -0.1) is 0 Å². The topological polar surface area (TPSA) is 68.3 Å². The molecule has 1 aromatic carbocycles. The van der Waals surface area contributed by atoms with E-state index in [1.165, 1.54) is 0 Å². The maximum Gasteiger partial charge on any atom is 0.158 e. The summed E-state index contributed by atoms with van der Waals surface area (Å²) in [6.07, 6.45) is 3.52. The van der Waals surface area contributed by atoms with Crippen molar-refractivity contribution in [1.82, 2.24) is 0 Å². The fourth-order valence-corrected chi connectivity index (χ4v) is 7.40. The third-order valence-electron chi connectivity index (χ3n) is 3.93. The molecule has 0 aromatic heterocycles. The van der Waals surface area contributed by atoms with Gasteiger partial charge in [-0.1, -0.05) is 36.6 Å². The third-order valence-corrected chi connectivity index (χ3v) is 8.25. The molecule has 0 saturated heterocycles. The van der Waals surface area contributed by atoms with E-state index in [1.807, 2.05) is 0 Å². The van der Waals surface area contributed by atoms with Gasteiger partial charge in [0.1, 0.15) is 0 Å². The van der Waals surface area contributed by atoms with E-state index in [0.29, 0.717) is 23.4 Å². The van der Waals surface area contributed by atoms with Crippen molar-refractivity contribution in [2.75, 3.05) is 6.26 Å². The molecule has 4 nitrogen and oxygen atoms in total. The van der Waals surface area contributed by atoms with Gasteiger partial charge in [0.2, 0.25) is 0 Å². The van der Waals surface area contributed by atoms with Crippen molar-refractivity contribution in [2.24, 2.45) is 0 Å². The first-order chi connectivity index (χ1) is 9.70. The van der Waals surface area contributed by atoms with E-state index < -0.39 is 30.2 Å². The third kappa shape index (κ3) is 4.20. The van der Waals surface area contributed by atoms with Crippen LogP contribution in [0.25, 0.3) is 0 Å². The molecule has 118 valence electrons. The summed E-state index contributed by atoms with van der Waals surface area (Å²) in [6.45, 7) is 0. The van der Waals surface area contributed by atoms with Gasteiger partial charge in [0.15, 0.2) is 19.7 Å². The van der Waals surface area contributed by atoms with E-state index in [4.69, 9.17) is 11.6 Å². The van der Waals surface area contributed by atoms with Gasteiger partial charge in [-0.2, -0.15) is 0 Å². The van der Waals surface area contributed by atoms with E-state index in [0.717, 1.165) is 19.1 Å². The van der Waals surface area contributed by atoms with Gasteiger partial charge in [-0.25, -0.2) is 16.8 Å². The van der Waals surface area contributed by atoms with Crippen LogP contribution in [0.15, 0.2) is 24.3 Å². The molecular formula is C14H19ClO4S2. The minimum absolute atomic E-state index is 0.138. The lowest BCUT2D eigenvalue weighted by Crippen LogP contribution is -2.42. The van der Waals surface area contributed by atoms with Crippen molar-refractivity contribution < 1.29 is 16.8 Å². The number of benzene rings is 1. The van der Waals surface area contributed by atoms with Gasteiger partial charge in [0.25, 0.3) is 0 Å². The van der Waals surface area contributed by atoms with E-state index in [1.54, 1.807) is 24.3 Å². The summed E-state index contributed by atoms with van der Waals surface area (Å²) in [7, 11) is -6.86. The zero-order valence-electron chi connectivity index (χ0n) is 11.8. The predicted molar refractivity (Wildman–Crippen MR) is 85.0 cm³/mol. The van der Waals surface area contributed by atoms with E-state index in [-0.39, 0.29) is 5.75 Å². The van der Waals surface area contributed by atoms with Crippen LogP contribution >= 0.6 is 11.6 Å². The zero-order valence-corrected chi connectivity index (χ0v) is 14.2. The summed E-state index contributed by atoms with van der Waals surface area (Å²) in [5.74, 6) is -0.138. The quantitative estimate of drug-likeness (QED) is 0.837. The van der Waals surface area contributed by atoms with Gasteiger partial charge in [-0.3, -0.25) is 0 Å². The number of halogens is 1. The average Bonchev–Trinajstić information content (AvgIpc) is 2.40. The maximum absolute atomic E-state index is 12.6. The highest BCUT2D eigenvalue weighted by Crippen LogP contribution is 2.31. The molecule has 7 heteroatoms. The molecule has 2 atom stereocenters. The first-order valence-electron chi connectivity index (χ1n) is 6.85. The van der Waals surface area contributed by atoms with Gasteiger partial charge in [0.05, 0.1) is 16.3 Å². The Kier molecular flexibility index (Phi) is 5.00. The van der Waals surface area contributed by atoms with Gasteiger partial charge in [-0.05, 0) is 30.5 Å². The highest BCUT2D eigenvalue weighted by Gasteiger charge is 2.40. The number of hydrogen-bond donors (Lipinski definition) is 0. The normalized spacial score (nSPS) is 23.9. The summed E-state index contributed by atoms with van der Waals surface area (Å²) in [4.78, 5) is 0. The van der Waals surface area contributed by atoms with Crippen LogP contribution in [0.1, 0.15) is 31.2 Å². The summed E-state index contributed by atoms with van der Waals surface area (Å²) < 4.78 is 48.9. The molecule has 0 bridgehead atoms. The standard InChI is InChI=1S/C14H19ClO4S2/c1-20(16,17)13-4-2-3-5-14(13)21(18,19)10-11-6-8-12(15)9-7-11/h6-9,13-14H,2-5,10H2,1H3/t13-,14-/m0/s1. The number of hydrogen-bond acceptors (Lipinski definition) is 4. The fraction of sp³-hybridized carbons (Fsp3) is 0.571. The Hall–Kier alpha value is -0.590.